The molecule has 2 heterocycles. The van der Waals surface area contributed by atoms with Gasteiger partial charge in [0.25, 0.3) is 0 Å². The SMILES string of the molecule is COCCC(=O)N1CCN(c2nc(C3CC3)c(Br)cc2N)C[C@H]1C. The Kier molecular flexibility index (Phi) is 5.30. The molecule has 7 heteroatoms. The molecule has 0 spiro atoms. The standard InChI is InChI=1S/C17H25BrN4O2/c1-11-10-21(6-7-22(11)15(23)5-8-24-2)17-14(19)9-13(18)16(20-17)12-3-4-12/h9,11-12H,3-8,10,19H2,1-2H3/t11-/m1/s1. The van der Waals surface area contributed by atoms with Crippen LogP contribution in [0.2, 0.25) is 0 Å². The molecule has 1 amide bonds. The molecule has 2 fully saturated rings. The number of nitrogens with two attached hydrogens (primary N) is 1. The molecule has 0 radical (unpaired) electrons. The van der Waals surface area contributed by atoms with E-state index in [0.29, 0.717) is 31.2 Å². The second-order valence-electron chi connectivity index (χ2n) is 6.67. The zero-order valence-corrected chi connectivity index (χ0v) is 15.9. The average Bonchev–Trinajstić information content (AvgIpc) is 3.37. The summed E-state index contributed by atoms with van der Waals surface area (Å²) in [6, 6.07) is 2.11. The lowest BCUT2D eigenvalue weighted by Crippen LogP contribution is -2.54. The molecule has 0 unspecified atom stereocenters. The number of nitrogen functional groups attached to an aromatic ring is 1. The fraction of sp³-hybridized carbons (Fsp3) is 0.647. The van der Waals surface area contributed by atoms with Gasteiger partial charge in [-0.2, -0.15) is 0 Å². The van der Waals surface area contributed by atoms with E-state index in [1.54, 1.807) is 7.11 Å². The fourth-order valence-corrected chi connectivity index (χ4v) is 3.92. The minimum absolute atomic E-state index is 0.136. The summed E-state index contributed by atoms with van der Waals surface area (Å²) < 4.78 is 6.02. The van der Waals surface area contributed by atoms with Gasteiger partial charge in [0.1, 0.15) is 0 Å². The van der Waals surface area contributed by atoms with Gasteiger partial charge in [0.05, 0.1) is 24.4 Å². The van der Waals surface area contributed by atoms with Crippen LogP contribution in [0, 0.1) is 0 Å². The highest BCUT2D eigenvalue weighted by molar-refractivity contribution is 9.10. The van der Waals surface area contributed by atoms with E-state index in [2.05, 4.69) is 27.8 Å². The van der Waals surface area contributed by atoms with Crippen molar-refractivity contribution >= 4 is 33.3 Å². The van der Waals surface area contributed by atoms with Crippen LogP contribution in [0.3, 0.4) is 0 Å². The van der Waals surface area contributed by atoms with Gasteiger partial charge in [-0.25, -0.2) is 4.98 Å². The molecule has 132 valence electrons. The lowest BCUT2D eigenvalue weighted by Gasteiger charge is -2.41. The van der Waals surface area contributed by atoms with Crippen molar-refractivity contribution in [1.29, 1.82) is 0 Å². The van der Waals surface area contributed by atoms with Crippen molar-refractivity contribution in [3.63, 3.8) is 0 Å². The maximum absolute atomic E-state index is 12.3. The molecule has 1 aromatic rings. The molecule has 3 rings (SSSR count). The Labute approximate surface area is 151 Å². The molecule has 0 bridgehead atoms. The Hall–Kier alpha value is -1.34. The molecular formula is C17H25BrN4O2. The number of hydrogen-bond acceptors (Lipinski definition) is 5. The summed E-state index contributed by atoms with van der Waals surface area (Å²) >= 11 is 3.58. The predicted molar refractivity (Wildman–Crippen MR) is 98.2 cm³/mol. The summed E-state index contributed by atoms with van der Waals surface area (Å²) in [4.78, 5) is 21.2. The van der Waals surface area contributed by atoms with Crippen LogP contribution in [0.25, 0.3) is 0 Å². The number of halogens is 1. The molecule has 2 N–H and O–H groups in total. The molecule has 1 aliphatic heterocycles. The van der Waals surface area contributed by atoms with Crippen LogP contribution in [0.4, 0.5) is 11.5 Å². The van der Waals surface area contributed by atoms with Crippen LogP contribution in [0.5, 0.6) is 0 Å². The molecule has 2 aliphatic rings. The Morgan fingerprint density at radius 3 is 2.83 bits per heavy atom. The normalized spacial score (nSPS) is 21.2. The van der Waals surface area contributed by atoms with E-state index in [9.17, 15) is 4.79 Å². The fourth-order valence-electron chi connectivity index (χ4n) is 3.26. The highest BCUT2D eigenvalue weighted by Crippen LogP contribution is 2.44. The molecular weight excluding hydrogens is 372 g/mol. The first kappa shape index (κ1) is 17.5. The van der Waals surface area contributed by atoms with Gasteiger partial charge in [-0.3, -0.25) is 4.79 Å². The molecule has 0 aromatic carbocycles. The zero-order chi connectivity index (χ0) is 17.3. The highest BCUT2D eigenvalue weighted by Gasteiger charge is 2.31. The summed E-state index contributed by atoms with van der Waals surface area (Å²) in [5, 5.41) is 0. The minimum atomic E-state index is 0.136. The number of carbonyl (C=O) groups is 1. The van der Waals surface area contributed by atoms with Gasteiger partial charge < -0.3 is 20.3 Å². The topological polar surface area (TPSA) is 71.7 Å². The number of piperazine rings is 1. The monoisotopic (exact) mass is 396 g/mol. The van der Waals surface area contributed by atoms with E-state index in [4.69, 9.17) is 15.5 Å². The number of ether oxygens (including phenoxy) is 1. The minimum Gasteiger partial charge on any atom is -0.396 e. The first-order valence-electron chi connectivity index (χ1n) is 8.50. The number of nitrogens with zero attached hydrogens (tertiary/aromatic N) is 3. The van der Waals surface area contributed by atoms with Crippen molar-refractivity contribution in [2.45, 2.75) is 38.1 Å². The highest BCUT2D eigenvalue weighted by atomic mass is 79.9. The number of rotatable bonds is 5. The van der Waals surface area contributed by atoms with Crippen LogP contribution in [0.1, 0.15) is 37.8 Å². The smallest absolute Gasteiger partial charge is 0.225 e. The second-order valence-corrected chi connectivity index (χ2v) is 7.52. The summed E-state index contributed by atoms with van der Waals surface area (Å²) in [5.41, 5.74) is 8.02. The number of aromatic nitrogens is 1. The van der Waals surface area contributed by atoms with Crippen molar-refractivity contribution in [3.8, 4) is 0 Å². The van der Waals surface area contributed by atoms with Crippen molar-refractivity contribution in [2.24, 2.45) is 0 Å². The number of methoxy groups -OCH3 is 1. The second kappa shape index (κ2) is 7.27. The largest absolute Gasteiger partial charge is 0.396 e. The van der Waals surface area contributed by atoms with Gasteiger partial charge in [-0.15, -0.1) is 0 Å². The quantitative estimate of drug-likeness (QED) is 0.826. The molecule has 1 saturated heterocycles. The van der Waals surface area contributed by atoms with Gasteiger partial charge in [0, 0.05) is 43.2 Å². The molecule has 24 heavy (non-hydrogen) atoms. The lowest BCUT2D eigenvalue weighted by molar-refractivity contribution is -0.134. The van der Waals surface area contributed by atoms with Gasteiger partial charge in [-0.05, 0) is 41.8 Å². The molecule has 1 atom stereocenters. The summed E-state index contributed by atoms with van der Waals surface area (Å²) in [6.07, 6.45) is 2.84. The van der Waals surface area contributed by atoms with Gasteiger partial charge in [0.15, 0.2) is 5.82 Å². The van der Waals surface area contributed by atoms with E-state index < -0.39 is 0 Å². The Morgan fingerprint density at radius 1 is 1.46 bits per heavy atom. The number of hydrogen-bond donors (Lipinski definition) is 1. The van der Waals surface area contributed by atoms with Crippen LogP contribution < -0.4 is 10.6 Å². The zero-order valence-electron chi connectivity index (χ0n) is 14.3. The third-order valence-corrected chi connectivity index (χ3v) is 5.38. The molecule has 6 nitrogen and oxygen atoms in total. The first-order valence-corrected chi connectivity index (χ1v) is 9.29. The third-order valence-electron chi connectivity index (χ3n) is 4.74. The van der Waals surface area contributed by atoms with E-state index in [0.717, 1.165) is 29.1 Å². The number of amides is 1. The maximum atomic E-state index is 12.3. The van der Waals surface area contributed by atoms with E-state index >= 15 is 0 Å². The van der Waals surface area contributed by atoms with Crippen LogP contribution in [-0.4, -0.2) is 55.2 Å². The van der Waals surface area contributed by atoms with Crippen LogP contribution in [-0.2, 0) is 9.53 Å². The molecule has 1 aliphatic carbocycles. The van der Waals surface area contributed by atoms with Crippen molar-refractivity contribution in [1.82, 2.24) is 9.88 Å². The van der Waals surface area contributed by atoms with Crippen molar-refractivity contribution < 1.29 is 9.53 Å². The van der Waals surface area contributed by atoms with Crippen molar-refractivity contribution in [3.05, 3.63) is 16.2 Å². The third kappa shape index (κ3) is 3.67. The molecule has 1 saturated carbocycles. The first-order chi connectivity index (χ1) is 11.5. The van der Waals surface area contributed by atoms with Crippen molar-refractivity contribution in [2.75, 3.05) is 44.0 Å². The number of pyridine rings is 1. The maximum Gasteiger partial charge on any atom is 0.225 e. The van der Waals surface area contributed by atoms with Crippen LogP contribution in [0.15, 0.2) is 10.5 Å². The van der Waals surface area contributed by atoms with Gasteiger partial charge in [-0.1, -0.05) is 0 Å². The lowest BCUT2D eigenvalue weighted by atomic mass is 10.1. The Morgan fingerprint density at radius 2 is 2.21 bits per heavy atom. The Bertz CT molecular complexity index is 621. The van der Waals surface area contributed by atoms with Crippen LogP contribution >= 0.6 is 15.9 Å². The van der Waals surface area contributed by atoms with E-state index in [1.807, 2.05) is 11.0 Å². The van der Waals surface area contributed by atoms with Gasteiger partial charge >= 0.3 is 0 Å². The number of carbonyl (C=O) groups excluding carboxylic acids is 1. The van der Waals surface area contributed by atoms with E-state index in [-0.39, 0.29) is 11.9 Å². The summed E-state index contributed by atoms with van der Waals surface area (Å²) in [5.74, 6) is 1.57. The molecule has 1 aromatic heterocycles. The average molecular weight is 397 g/mol. The Balaban J connectivity index is 1.71. The predicted octanol–water partition coefficient (Wildman–Crippen LogP) is 2.38. The number of anilines is 2. The summed E-state index contributed by atoms with van der Waals surface area (Å²) in [6.45, 7) is 4.75. The van der Waals surface area contributed by atoms with E-state index in [1.165, 1.54) is 12.8 Å². The summed E-state index contributed by atoms with van der Waals surface area (Å²) in [7, 11) is 1.62. The van der Waals surface area contributed by atoms with Gasteiger partial charge in [0.2, 0.25) is 5.91 Å².